The maximum atomic E-state index is 14.1. The zero-order chi connectivity index (χ0) is 52.4. The molecule has 0 bridgehead atoms. The molecule has 7 rings (SSSR count). The highest BCUT2D eigenvalue weighted by Crippen LogP contribution is 2.55. The number of pyridine rings is 1. The van der Waals surface area contributed by atoms with Crippen molar-refractivity contribution in [2.45, 2.75) is 124 Å². The van der Waals surface area contributed by atoms with Crippen molar-refractivity contribution in [3.63, 3.8) is 0 Å². The number of aliphatic hydroxyl groups is 2. The number of aliphatic hydroxyl groups excluding tert-OH is 2. The first-order valence-electron chi connectivity index (χ1n) is 24.4. The summed E-state index contributed by atoms with van der Waals surface area (Å²) < 4.78 is 12.2. The van der Waals surface area contributed by atoms with Crippen LogP contribution in [0.1, 0.15) is 102 Å². The zero-order valence-electron chi connectivity index (χ0n) is 42.7. The maximum absolute atomic E-state index is 14.1. The van der Waals surface area contributed by atoms with Crippen LogP contribution in [0.25, 0.3) is 10.4 Å². The molecule has 72 heavy (non-hydrogen) atoms. The van der Waals surface area contributed by atoms with Crippen LogP contribution in [0.4, 0.5) is 5.82 Å². The van der Waals surface area contributed by atoms with Gasteiger partial charge in [0.05, 0.1) is 44.9 Å². The van der Waals surface area contributed by atoms with Crippen LogP contribution in [-0.4, -0.2) is 135 Å². The first kappa shape index (κ1) is 54.1. The fourth-order valence-electron chi connectivity index (χ4n) is 10.7. The summed E-state index contributed by atoms with van der Waals surface area (Å²) in [5.74, 6) is -0.527. The number of hydrogen-bond donors (Lipinski definition) is 5. The van der Waals surface area contributed by atoms with E-state index in [2.05, 4.69) is 78.3 Å². The largest absolute Gasteiger partial charge is 0.489 e. The van der Waals surface area contributed by atoms with Crippen LogP contribution in [0.5, 0.6) is 5.75 Å². The number of aryl methyl sites for hydroxylation is 1. The van der Waals surface area contributed by atoms with E-state index in [9.17, 15) is 34.7 Å². The smallest absolute Gasteiger partial charge is 0.253 e. The van der Waals surface area contributed by atoms with E-state index in [1.54, 1.807) is 48.1 Å². The van der Waals surface area contributed by atoms with E-state index in [-0.39, 0.29) is 56.3 Å². The molecule has 0 unspecified atom stereocenters. The van der Waals surface area contributed by atoms with E-state index in [0.717, 1.165) is 22.0 Å². The Balaban J connectivity index is 0.860. The molecule has 5 N–H and O–H groups in total. The standard InChI is InChI=1S/C53H68ClN9O8S/c1-30-26-62(41-18-16-36(24-56-41)46(67)60-49-52(7,8)50(53(49,9)10)71-38-17-15-35(23-55)39(54)22-38)31(2)25-61(30)19-20-70-28-42(65)58-44(51(4,5)6)48(69)63-27-37(64)21-40(63)47(68)59-45(66)34-13-11-33(12-14-34)43-32(3)57-29-72-43/h11-18,22,24,29-31,37,40,44-45,49-50,64,66H,19-21,25-28H2,1-10H3,(H,58,65)(H,59,68)(H,60,67)/t30-,31-,37-,40+,44-,45+,49?,50?/m1/s1. The van der Waals surface area contributed by atoms with Crippen molar-refractivity contribution >= 4 is 52.4 Å². The highest BCUT2D eigenvalue weighted by molar-refractivity contribution is 7.13. The number of carbonyl (C=O) groups is 4. The van der Waals surface area contributed by atoms with Crippen LogP contribution < -0.4 is 25.6 Å². The number of ether oxygens (including phenoxy) is 2. The number of thiazole rings is 1. The lowest BCUT2D eigenvalue weighted by molar-refractivity contribution is -0.164. The Hall–Kier alpha value is -5.68. The maximum Gasteiger partial charge on any atom is 0.253 e. The molecule has 2 aromatic heterocycles. The van der Waals surface area contributed by atoms with Crippen LogP contribution in [-0.2, 0) is 19.1 Å². The number of amides is 4. The number of nitriles is 1. The number of nitrogens with one attached hydrogen (secondary N) is 3. The molecule has 17 nitrogen and oxygen atoms in total. The minimum Gasteiger partial charge on any atom is -0.489 e. The lowest BCUT2D eigenvalue weighted by Gasteiger charge is -2.63. The zero-order valence-corrected chi connectivity index (χ0v) is 44.3. The van der Waals surface area contributed by atoms with Crippen LogP contribution in [0.3, 0.4) is 0 Å². The number of rotatable bonds is 16. The van der Waals surface area contributed by atoms with E-state index in [0.29, 0.717) is 47.1 Å². The van der Waals surface area contributed by atoms with Crippen molar-refractivity contribution in [3.05, 3.63) is 93.7 Å². The van der Waals surface area contributed by atoms with Crippen molar-refractivity contribution in [2.75, 3.05) is 44.3 Å². The lowest BCUT2D eigenvalue weighted by atomic mass is 9.49. The predicted octanol–water partition coefficient (Wildman–Crippen LogP) is 5.87. The molecule has 19 heteroatoms. The van der Waals surface area contributed by atoms with Gasteiger partial charge in [-0.3, -0.25) is 24.1 Å². The molecule has 3 aliphatic rings. The van der Waals surface area contributed by atoms with Gasteiger partial charge in [0, 0.05) is 79.4 Å². The molecule has 0 spiro atoms. The Morgan fingerprint density at radius 2 is 1.68 bits per heavy atom. The van der Waals surface area contributed by atoms with Crippen molar-refractivity contribution in [1.29, 1.82) is 5.26 Å². The average Bonchev–Trinajstić information content (AvgIpc) is 3.95. The number of aromatic nitrogens is 2. The van der Waals surface area contributed by atoms with Crippen molar-refractivity contribution in [3.8, 4) is 22.3 Å². The van der Waals surface area contributed by atoms with Gasteiger partial charge >= 0.3 is 0 Å². The minimum absolute atomic E-state index is 0.0220. The number of β-amino-alcohol motifs (C(OH)–C–C–N with tert-alkyl or cyclic N) is 1. The number of piperazine rings is 1. The molecule has 386 valence electrons. The summed E-state index contributed by atoms with van der Waals surface area (Å²) in [6, 6.07) is 15.8. The third-order valence-electron chi connectivity index (χ3n) is 14.4. The van der Waals surface area contributed by atoms with Gasteiger partial charge in [-0.05, 0) is 56.0 Å². The van der Waals surface area contributed by atoms with Gasteiger partial charge in [0.2, 0.25) is 17.7 Å². The second-order valence-corrected chi connectivity index (χ2v) is 22.9. The molecule has 4 heterocycles. The van der Waals surface area contributed by atoms with E-state index in [1.165, 1.54) is 16.2 Å². The van der Waals surface area contributed by atoms with E-state index >= 15 is 0 Å². The molecule has 6 atom stereocenters. The minimum atomic E-state index is -1.36. The first-order chi connectivity index (χ1) is 33.9. The average molecular weight is 1030 g/mol. The highest BCUT2D eigenvalue weighted by Gasteiger charge is 2.64. The summed E-state index contributed by atoms with van der Waals surface area (Å²) in [6.45, 7) is 21.6. The molecule has 0 radical (unpaired) electrons. The number of nitrogens with zero attached hydrogens (tertiary/aromatic N) is 6. The van der Waals surface area contributed by atoms with Gasteiger partial charge in [-0.2, -0.15) is 5.26 Å². The van der Waals surface area contributed by atoms with Gasteiger partial charge in [0.25, 0.3) is 5.91 Å². The Labute approximate surface area is 431 Å². The quantitative estimate of drug-likeness (QED) is 0.0656. The Morgan fingerprint density at radius 3 is 2.29 bits per heavy atom. The Morgan fingerprint density at radius 1 is 0.972 bits per heavy atom. The fourth-order valence-corrected chi connectivity index (χ4v) is 11.7. The van der Waals surface area contributed by atoms with Gasteiger partial charge < -0.3 is 45.4 Å². The Bertz CT molecular complexity index is 2630. The van der Waals surface area contributed by atoms with Crippen molar-refractivity contribution in [1.82, 2.24) is 35.7 Å². The van der Waals surface area contributed by atoms with Crippen LogP contribution in [0.2, 0.25) is 5.02 Å². The van der Waals surface area contributed by atoms with Gasteiger partial charge in [0.15, 0.2) is 6.23 Å². The van der Waals surface area contributed by atoms with Gasteiger partial charge in [-0.1, -0.05) is 84.3 Å². The molecule has 1 saturated carbocycles. The van der Waals surface area contributed by atoms with E-state index < -0.39 is 58.4 Å². The third-order valence-corrected chi connectivity index (χ3v) is 15.7. The molecular formula is C53H68ClN9O8S. The molecule has 2 aliphatic heterocycles. The lowest BCUT2D eigenvalue weighted by Crippen LogP contribution is -2.74. The third kappa shape index (κ3) is 11.7. The molecule has 4 aromatic rings. The topological polar surface area (TPSA) is 223 Å². The number of anilines is 1. The Kier molecular flexibility index (Phi) is 16.4. The number of benzene rings is 2. The van der Waals surface area contributed by atoms with E-state index in [4.69, 9.17) is 26.1 Å². The SMILES string of the molecule is Cc1ncsc1-c1ccc([C@H](O)NC(=O)[C@@H]2C[C@@H](O)CN2C(=O)[C@@H](NC(=O)COCCN2C[C@@H](C)N(c3ccc(C(=O)NC4C(C)(C)C(Oc5ccc(C#N)c(Cl)c5)C4(C)C)cn3)C[C@H]2C)C(C)(C)C)cc1. The van der Waals surface area contributed by atoms with Crippen LogP contribution in [0.15, 0.2) is 66.3 Å². The summed E-state index contributed by atoms with van der Waals surface area (Å²) in [5.41, 5.74) is 3.29. The number of carbonyl (C=O) groups excluding carboxylic acids is 4. The number of hydrogen-bond acceptors (Lipinski definition) is 14. The fraction of sp³-hybridized carbons (Fsp3) is 0.528. The van der Waals surface area contributed by atoms with Gasteiger partial charge in [0.1, 0.15) is 42.4 Å². The van der Waals surface area contributed by atoms with Crippen LogP contribution >= 0.6 is 22.9 Å². The second kappa shape index (κ2) is 21.8. The molecule has 4 amide bonds. The van der Waals surface area contributed by atoms with Crippen molar-refractivity contribution in [2.24, 2.45) is 16.2 Å². The summed E-state index contributed by atoms with van der Waals surface area (Å²) in [7, 11) is 0. The monoisotopic (exact) mass is 1030 g/mol. The summed E-state index contributed by atoms with van der Waals surface area (Å²) >= 11 is 7.78. The van der Waals surface area contributed by atoms with Gasteiger partial charge in [-0.25, -0.2) is 9.97 Å². The molecule has 2 aromatic carbocycles. The predicted molar refractivity (Wildman–Crippen MR) is 275 cm³/mol. The highest BCUT2D eigenvalue weighted by atomic mass is 35.5. The van der Waals surface area contributed by atoms with E-state index in [1.807, 2.05) is 45.9 Å². The van der Waals surface area contributed by atoms with Crippen molar-refractivity contribution < 1.29 is 38.9 Å². The molecular weight excluding hydrogens is 958 g/mol. The molecule has 2 saturated heterocycles. The first-order valence-corrected chi connectivity index (χ1v) is 25.6. The molecule has 1 aliphatic carbocycles. The second-order valence-electron chi connectivity index (χ2n) is 21.7. The summed E-state index contributed by atoms with van der Waals surface area (Å²) in [6.07, 6.45) is -0.966. The summed E-state index contributed by atoms with van der Waals surface area (Å²) in [4.78, 5) is 70.5. The molecule has 3 fully saturated rings. The number of halogens is 1. The van der Waals surface area contributed by atoms with Gasteiger partial charge in [-0.15, -0.1) is 11.3 Å². The summed E-state index contributed by atoms with van der Waals surface area (Å²) in [5, 5.41) is 39.8. The normalized spacial score (nSPS) is 23.6. The van der Waals surface area contributed by atoms with Crippen LogP contribution in [0, 0.1) is 34.5 Å². The number of likely N-dealkylation sites (tertiary alicyclic amines) is 1.